The summed E-state index contributed by atoms with van der Waals surface area (Å²) in [6.07, 6.45) is 3.66. The molecule has 2 rings (SSSR count). The second kappa shape index (κ2) is 7.71. The molecule has 1 fully saturated rings. The average Bonchev–Trinajstić information content (AvgIpc) is 2.89. The summed E-state index contributed by atoms with van der Waals surface area (Å²) in [6, 6.07) is 1.71. The van der Waals surface area contributed by atoms with Crippen LogP contribution in [-0.4, -0.2) is 36.0 Å². The summed E-state index contributed by atoms with van der Waals surface area (Å²) in [7, 11) is 0. The maximum Gasteiger partial charge on any atom is 0.324 e. The van der Waals surface area contributed by atoms with Gasteiger partial charge >= 0.3 is 5.00 Å². The quantitative estimate of drug-likeness (QED) is 0.621. The molecule has 6 heteroatoms. The highest BCUT2D eigenvalue weighted by molar-refractivity contribution is 7.13. The number of thiophene rings is 1. The van der Waals surface area contributed by atoms with Crippen LogP contribution in [0.1, 0.15) is 31.7 Å². The van der Waals surface area contributed by atoms with E-state index in [1.807, 2.05) is 5.38 Å². The molecule has 1 aromatic heterocycles. The first kappa shape index (κ1) is 15.4. The van der Waals surface area contributed by atoms with Crippen LogP contribution in [0.25, 0.3) is 0 Å². The van der Waals surface area contributed by atoms with Crippen molar-refractivity contribution in [2.75, 3.05) is 26.2 Å². The molecular formula is C14H23N3O2S. The Morgan fingerprint density at radius 2 is 2.45 bits per heavy atom. The van der Waals surface area contributed by atoms with E-state index < -0.39 is 0 Å². The van der Waals surface area contributed by atoms with Crippen LogP contribution in [0.2, 0.25) is 0 Å². The fourth-order valence-corrected chi connectivity index (χ4v) is 3.52. The first-order valence-electron chi connectivity index (χ1n) is 7.34. The molecule has 0 saturated carbocycles. The van der Waals surface area contributed by atoms with E-state index in [4.69, 9.17) is 0 Å². The second-order valence-corrected chi connectivity index (χ2v) is 6.39. The molecule has 0 aromatic carbocycles. The van der Waals surface area contributed by atoms with Crippen LogP contribution >= 0.6 is 11.3 Å². The molecule has 1 aromatic rings. The summed E-state index contributed by atoms with van der Waals surface area (Å²) >= 11 is 1.23. The van der Waals surface area contributed by atoms with E-state index in [1.54, 1.807) is 6.07 Å². The van der Waals surface area contributed by atoms with Crippen molar-refractivity contribution >= 4 is 16.3 Å². The third-order valence-corrected chi connectivity index (χ3v) is 4.61. The van der Waals surface area contributed by atoms with E-state index in [1.165, 1.54) is 24.2 Å². The summed E-state index contributed by atoms with van der Waals surface area (Å²) in [5, 5.41) is 16.4. The van der Waals surface area contributed by atoms with Crippen LogP contribution in [0.15, 0.2) is 11.4 Å². The highest BCUT2D eigenvalue weighted by Gasteiger charge is 2.18. The molecule has 0 radical (unpaired) electrons. The van der Waals surface area contributed by atoms with Gasteiger partial charge in [-0.3, -0.25) is 15.0 Å². The average molecular weight is 297 g/mol. The lowest BCUT2D eigenvalue weighted by Crippen LogP contribution is -2.38. The van der Waals surface area contributed by atoms with Crippen LogP contribution in [0.5, 0.6) is 0 Å². The fourth-order valence-electron chi connectivity index (χ4n) is 2.80. The van der Waals surface area contributed by atoms with Gasteiger partial charge in [-0.25, -0.2) is 0 Å². The van der Waals surface area contributed by atoms with Crippen molar-refractivity contribution in [3.05, 3.63) is 27.1 Å². The zero-order valence-electron chi connectivity index (χ0n) is 12.0. The molecule has 112 valence electrons. The van der Waals surface area contributed by atoms with Gasteiger partial charge in [0.1, 0.15) is 0 Å². The van der Waals surface area contributed by atoms with Crippen molar-refractivity contribution in [2.45, 2.75) is 32.7 Å². The first-order valence-corrected chi connectivity index (χ1v) is 8.22. The van der Waals surface area contributed by atoms with Crippen molar-refractivity contribution in [3.8, 4) is 0 Å². The van der Waals surface area contributed by atoms with Crippen LogP contribution < -0.4 is 5.32 Å². The molecule has 1 aliphatic rings. The van der Waals surface area contributed by atoms with E-state index in [-0.39, 0.29) is 9.92 Å². The molecule has 1 N–H and O–H groups in total. The van der Waals surface area contributed by atoms with Crippen LogP contribution in [0.3, 0.4) is 0 Å². The van der Waals surface area contributed by atoms with Gasteiger partial charge in [-0.1, -0.05) is 18.3 Å². The Bertz CT molecular complexity index is 430. The largest absolute Gasteiger partial charge is 0.324 e. The highest BCUT2D eigenvalue weighted by atomic mass is 32.1. The number of hydrogen-bond acceptors (Lipinski definition) is 5. The predicted octanol–water partition coefficient (Wildman–Crippen LogP) is 2.87. The number of nitro groups is 1. The third kappa shape index (κ3) is 4.54. The van der Waals surface area contributed by atoms with E-state index in [0.717, 1.165) is 44.7 Å². The Morgan fingerprint density at radius 3 is 3.05 bits per heavy atom. The molecule has 5 nitrogen and oxygen atoms in total. The maximum atomic E-state index is 10.7. The minimum atomic E-state index is -0.302. The lowest BCUT2D eigenvalue weighted by Gasteiger charge is -2.29. The first-order chi connectivity index (χ1) is 9.69. The van der Waals surface area contributed by atoms with Gasteiger partial charge in [0.25, 0.3) is 0 Å². The molecule has 0 bridgehead atoms. The zero-order chi connectivity index (χ0) is 14.4. The number of hydrogen-bond donors (Lipinski definition) is 1. The van der Waals surface area contributed by atoms with Crippen LogP contribution in [0, 0.1) is 16.0 Å². The monoisotopic (exact) mass is 297 g/mol. The topological polar surface area (TPSA) is 58.4 Å². The van der Waals surface area contributed by atoms with Gasteiger partial charge in [0, 0.05) is 24.5 Å². The number of nitrogens with zero attached hydrogens (tertiary/aromatic N) is 2. The summed E-state index contributed by atoms with van der Waals surface area (Å²) in [5.74, 6) is 0.712. The highest BCUT2D eigenvalue weighted by Crippen LogP contribution is 2.24. The van der Waals surface area contributed by atoms with Gasteiger partial charge in [-0.05, 0) is 50.4 Å². The molecule has 2 heterocycles. The van der Waals surface area contributed by atoms with Crippen molar-refractivity contribution < 1.29 is 4.92 Å². The van der Waals surface area contributed by atoms with E-state index in [0.29, 0.717) is 5.92 Å². The SMILES string of the molecule is CCCN(Cc1csc([N+](=O)[O-])c1)CC1CCCNC1. The van der Waals surface area contributed by atoms with Crippen molar-refractivity contribution in [1.29, 1.82) is 0 Å². The lowest BCUT2D eigenvalue weighted by molar-refractivity contribution is -0.380. The van der Waals surface area contributed by atoms with Gasteiger partial charge in [0.2, 0.25) is 0 Å². The van der Waals surface area contributed by atoms with Gasteiger partial charge in [-0.15, -0.1) is 0 Å². The maximum absolute atomic E-state index is 10.7. The zero-order valence-corrected chi connectivity index (χ0v) is 12.8. The molecule has 1 unspecified atom stereocenters. The van der Waals surface area contributed by atoms with Gasteiger partial charge < -0.3 is 5.32 Å². The van der Waals surface area contributed by atoms with Crippen molar-refractivity contribution in [1.82, 2.24) is 10.2 Å². The Kier molecular flexibility index (Phi) is 5.94. The summed E-state index contributed by atoms with van der Waals surface area (Å²) in [6.45, 7) is 7.40. The predicted molar refractivity (Wildman–Crippen MR) is 82.1 cm³/mol. The molecule has 0 spiro atoms. The Labute approximate surface area is 124 Å². The van der Waals surface area contributed by atoms with E-state index in [2.05, 4.69) is 17.1 Å². The van der Waals surface area contributed by atoms with E-state index >= 15 is 0 Å². The molecule has 1 atom stereocenters. The van der Waals surface area contributed by atoms with Crippen LogP contribution in [-0.2, 0) is 6.54 Å². The lowest BCUT2D eigenvalue weighted by atomic mass is 9.99. The van der Waals surface area contributed by atoms with Gasteiger partial charge in [-0.2, -0.15) is 0 Å². The summed E-state index contributed by atoms with van der Waals surface area (Å²) in [5.41, 5.74) is 1.07. The molecule has 0 aliphatic carbocycles. The molecule has 1 saturated heterocycles. The second-order valence-electron chi connectivity index (χ2n) is 5.50. The van der Waals surface area contributed by atoms with Crippen molar-refractivity contribution in [3.63, 3.8) is 0 Å². The van der Waals surface area contributed by atoms with Crippen molar-refractivity contribution in [2.24, 2.45) is 5.92 Å². The Balaban J connectivity index is 1.91. The van der Waals surface area contributed by atoms with E-state index in [9.17, 15) is 10.1 Å². The smallest absolute Gasteiger partial charge is 0.316 e. The normalized spacial score (nSPS) is 19.4. The molecule has 0 amide bonds. The number of rotatable bonds is 7. The minimum absolute atomic E-state index is 0.246. The molecule has 1 aliphatic heterocycles. The summed E-state index contributed by atoms with van der Waals surface area (Å²) in [4.78, 5) is 12.9. The molecule has 20 heavy (non-hydrogen) atoms. The fraction of sp³-hybridized carbons (Fsp3) is 0.714. The third-order valence-electron chi connectivity index (χ3n) is 3.68. The van der Waals surface area contributed by atoms with Crippen LogP contribution in [0.4, 0.5) is 5.00 Å². The standard InChI is InChI=1S/C14H23N3O2S/c1-2-6-16(9-12-4-3-5-15-8-12)10-13-7-14(17(18)19)20-11-13/h7,11-12,15H,2-6,8-10H2,1H3. The van der Waals surface area contributed by atoms with Gasteiger partial charge in [0.05, 0.1) is 4.92 Å². The summed E-state index contributed by atoms with van der Waals surface area (Å²) < 4.78 is 0. The molecular weight excluding hydrogens is 274 g/mol. The number of piperidine rings is 1. The van der Waals surface area contributed by atoms with Gasteiger partial charge in [0.15, 0.2) is 0 Å². The Morgan fingerprint density at radius 1 is 1.60 bits per heavy atom. The Hall–Kier alpha value is -0.980. The minimum Gasteiger partial charge on any atom is -0.316 e. The number of nitrogens with one attached hydrogen (secondary N) is 1.